The Balaban J connectivity index is 2.38. The van der Waals surface area contributed by atoms with Crippen LogP contribution >= 0.6 is 0 Å². The van der Waals surface area contributed by atoms with Crippen molar-refractivity contribution in [1.29, 1.82) is 0 Å². The molecule has 0 aliphatic rings. The quantitative estimate of drug-likeness (QED) is 0.236. The van der Waals surface area contributed by atoms with Gasteiger partial charge >= 0.3 is 5.97 Å². The maximum absolute atomic E-state index is 11.4. The van der Waals surface area contributed by atoms with Gasteiger partial charge < -0.3 is 10.2 Å². The van der Waals surface area contributed by atoms with E-state index in [1.807, 2.05) is 26.0 Å². The Morgan fingerprint density at radius 2 is 1.20 bits per heavy atom. The van der Waals surface area contributed by atoms with Gasteiger partial charge in [0.1, 0.15) is 5.75 Å². The molecule has 0 amide bonds. The Hall–Kier alpha value is -1.51. The van der Waals surface area contributed by atoms with Crippen LogP contribution in [-0.4, -0.2) is 16.2 Å². The molecule has 1 aromatic carbocycles. The zero-order chi connectivity index (χ0) is 22.2. The highest BCUT2D eigenvalue weighted by molar-refractivity contribution is 5.68. The van der Waals surface area contributed by atoms with Crippen molar-refractivity contribution in [3.05, 3.63) is 28.8 Å². The van der Waals surface area contributed by atoms with Crippen LogP contribution in [0.25, 0.3) is 0 Å². The topological polar surface area (TPSA) is 57.5 Å². The van der Waals surface area contributed by atoms with Gasteiger partial charge in [0.15, 0.2) is 0 Å². The van der Waals surface area contributed by atoms with Gasteiger partial charge in [0, 0.05) is 0 Å². The summed E-state index contributed by atoms with van der Waals surface area (Å²) >= 11 is 0. The van der Waals surface area contributed by atoms with E-state index in [1.165, 1.54) is 70.6 Å². The van der Waals surface area contributed by atoms with E-state index in [2.05, 4.69) is 6.92 Å². The molecule has 0 bridgehead atoms. The fraction of sp³-hybridized carbons (Fsp3) is 0.741. The zero-order valence-corrected chi connectivity index (χ0v) is 19.8. The van der Waals surface area contributed by atoms with Crippen molar-refractivity contribution < 1.29 is 15.0 Å². The van der Waals surface area contributed by atoms with Crippen LogP contribution in [-0.2, 0) is 17.6 Å². The molecule has 2 N–H and O–H groups in total. The summed E-state index contributed by atoms with van der Waals surface area (Å²) in [5, 5.41) is 19.7. The monoisotopic (exact) mass is 418 g/mol. The number of hydrogen-bond acceptors (Lipinski definition) is 2. The molecule has 30 heavy (non-hydrogen) atoms. The molecule has 172 valence electrons. The first kappa shape index (κ1) is 26.5. The lowest BCUT2D eigenvalue weighted by molar-refractivity contribution is -0.137. The van der Waals surface area contributed by atoms with E-state index >= 15 is 0 Å². The summed E-state index contributed by atoms with van der Waals surface area (Å²) in [6.07, 6.45) is 18.4. The fourth-order valence-corrected chi connectivity index (χ4v) is 4.39. The summed E-state index contributed by atoms with van der Waals surface area (Å²) in [7, 11) is 0. The van der Waals surface area contributed by atoms with Gasteiger partial charge in [0.25, 0.3) is 0 Å². The number of unbranched alkanes of at least 4 members (excludes halogenated alkanes) is 11. The molecule has 1 rings (SSSR count). The molecule has 0 heterocycles. The summed E-state index contributed by atoms with van der Waals surface area (Å²) < 4.78 is 0. The smallest absolute Gasteiger partial charge is 0.303 e. The molecule has 0 saturated heterocycles. The number of phenols is 1. The van der Waals surface area contributed by atoms with E-state index < -0.39 is 5.97 Å². The minimum absolute atomic E-state index is 0.0434. The summed E-state index contributed by atoms with van der Waals surface area (Å²) in [5.74, 6) is -0.298. The molecule has 1 atom stereocenters. The normalized spacial score (nSPS) is 12.2. The highest BCUT2D eigenvalue weighted by Crippen LogP contribution is 2.33. The van der Waals surface area contributed by atoms with Gasteiger partial charge in [-0.2, -0.15) is 0 Å². The lowest BCUT2D eigenvalue weighted by Crippen LogP contribution is -2.08. The number of aromatic hydroxyl groups is 1. The molecule has 1 unspecified atom stereocenters. The Morgan fingerprint density at radius 1 is 0.767 bits per heavy atom. The maximum atomic E-state index is 11.4. The van der Waals surface area contributed by atoms with Crippen LogP contribution in [0.15, 0.2) is 12.1 Å². The number of carboxylic acids is 1. The molecule has 0 aromatic heterocycles. The molecule has 3 heteroatoms. The number of rotatable bonds is 18. The third-order valence-corrected chi connectivity index (χ3v) is 6.35. The average molecular weight is 419 g/mol. The number of benzene rings is 1. The van der Waals surface area contributed by atoms with E-state index in [0.717, 1.165) is 42.4 Å². The minimum Gasteiger partial charge on any atom is -0.507 e. The highest BCUT2D eigenvalue weighted by Gasteiger charge is 2.18. The first-order valence-corrected chi connectivity index (χ1v) is 12.6. The van der Waals surface area contributed by atoms with Crippen molar-refractivity contribution in [2.45, 2.75) is 129 Å². The summed E-state index contributed by atoms with van der Waals surface area (Å²) in [4.78, 5) is 11.4. The lowest BCUT2D eigenvalue weighted by atomic mass is 9.87. The second-order valence-corrected chi connectivity index (χ2v) is 8.87. The Labute approximate surface area is 185 Å². The van der Waals surface area contributed by atoms with E-state index in [9.17, 15) is 15.0 Å². The van der Waals surface area contributed by atoms with Crippen LogP contribution in [0.3, 0.4) is 0 Å². The summed E-state index contributed by atoms with van der Waals surface area (Å²) in [5.41, 5.74) is 2.97. The summed E-state index contributed by atoms with van der Waals surface area (Å²) in [6.45, 7) is 6.34. The fourth-order valence-electron chi connectivity index (χ4n) is 4.39. The molecule has 0 saturated carbocycles. The van der Waals surface area contributed by atoms with Gasteiger partial charge in [-0.3, -0.25) is 4.79 Å². The number of carboxylic acid groups (broad SMARTS) is 1. The van der Waals surface area contributed by atoms with Crippen LogP contribution < -0.4 is 0 Å². The van der Waals surface area contributed by atoms with E-state index in [4.69, 9.17) is 0 Å². The van der Waals surface area contributed by atoms with Gasteiger partial charge in [-0.25, -0.2) is 0 Å². The van der Waals surface area contributed by atoms with Crippen LogP contribution in [0.5, 0.6) is 5.75 Å². The SMILES string of the molecule is CCCCCCCCCCCCCCC(CC(=O)O)c1cc(CC)c(O)c(CC)c1. The van der Waals surface area contributed by atoms with Crippen LogP contribution in [0.2, 0.25) is 0 Å². The molecule has 0 radical (unpaired) electrons. The van der Waals surface area contributed by atoms with Crippen LogP contribution in [0, 0.1) is 0 Å². The molecular formula is C27H46O3. The van der Waals surface area contributed by atoms with E-state index in [-0.39, 0.29) is 12.3 Å². The van der Waals surface area contributed by atoms with Crippen molar-refractivity contribution in [3.63, 3.8) is 0 Å². The highest BCUT2D eigenvalue weighted by atomic mass is 16.4. The zero-order valence-electron chi connectivity index (χ0n) is 19.8. The van der Waals surface area contributed by atoms with Crippen molar-refractivity contribution in [3.8, 4) is 5.75 Å². The lowest BCUT2D eigenvalue weighted by Gasteiger charge is -2.19. The molecular weight excluding hydrogens is 372 g/mol. The molecule has 0 fully saturated rings. The van der Waals surface area contributed by atoms with E-state index in [0.29, 0.717) is 5.75 Å². The van der Waals surface area contributed by atoms with Gasteiger partial charge in [0.05, 0.1) is 6.42 Å². The number of phenolic OH excluding ortho intramolecular Hbond substituents is 1. The average Bonchev–Trinajstić information content (AvgIpc) is 2.73. The molecule has 0 aliphatic carbocycles. The second-order valence-electron chi connectivity index (χ2n) is 8.87. The molecule has 0 aliphatic heterocycles. The standard InChI is InChI=1S/C27H46O3/c1-4-7-8-9-10-11-12-13-14-15-16-17-18-24(21-26(28)29)25-19-22(5-2)27(30)23(6-3)20-25/h19-20,24,30H,4-18,21H2,1-3H3,(H,28,29). The van der Waals surface area contributed by atoms with Gasteiger partial charge in [0.2, 0.25) is 0 Å². The Kier molecular flexibility index (Phi) is 14.3. The van der Waals surface area contributed by atoms with Crippen molar-refractivity contribution in [2.24, 2.45) is 0 Å². The molecule has 3 nitrogen and oxygen atoms in total. The first-order valence-electron chi connectivity index (χ1n) is 12.6. The van der Waals surface area contributed by atoms with Crippen LogP contribution in [0.1, 0.15) is 133 Å². The van der Waals surface area contributed by atoms with Gasteiger partial charge in [-0.05, 0) is 41.9 Å². The molecule has 0 spiro atoms. The number of aryl methyl sites for hydroxylation is 2. The van der Waals surface area contributed by atoms with Crippen molar-refractivity contribution in [1.82, 2.24) is 0 Å². The largest absolute Gasteiger partial charge is 0.507 e. The Morgan fingerprint density at radius 3 is 1.60 bits per heavy atom. The number of hydrogen-bond donors (Lipinski definition) is 2. The number of aliphatic carboxylic acids is 1. The van der Waals surface area contributed by atoms with Gasteiger partial charge in [-0.15, -0.1) is 0 Å². The third kappa shape index (κ3) is 10.5. The number of carbonyl (C=O) groups is 1. The Bertz CT molecular complexity index is 569. The van der Waals surface area contributed by atoms with E-state index in [1.54, 1.807) is 0 Å². The molecule has 1 aromatic rings. The van der Waals surface area contributed by atoms with Crippen molar-refractivity contribution >= 4 is 5.97 Å². The summed E-state index contributed by atoms with van der Waals surface area (Å²) in [6, 6.07) is 4.06. The predicted molar refractivity (Wildman–Crippen MR) is 128 cm³/mol. The van der Waals surface area contributed by atoms with Gasteiger partial charge in [-0.1, -0.05) is 110 Å². The van der Waals surface area contributed by atoms with Crippen LogP contribution in [0.4, 0.5) is 0 Å². The second kappa shape index (κ2) is 16.2. The first-order chi connectivity index (χ1) is 14.5. The third-order valence-electron chi connectivity index (χ3n) is 6.35. The van der Waals surface area contributed by atoms with Crippen molar-refractivity contribution in [2.75, 3.05) is 0 Å². The maximum Gasteiger partial charge on any atom is 0.303 e. The minimum atomic E-state index is -0.733. The predicted octanol–water partition coefficient (Wildman–Crippen LogP) is 8.17.